The number of aliphatic hydroxyl groups excluding tert-OH is 1. The highest BCUT2D eigenvalue weighted by molar-refractivity contribution is 7.89. The Kier molecular flexibility index (Phi) is 7.57. The van der Waals surface area contributed by atoms with Crippen molar-refractivity contribution in [1.29, 1.82) is 0 Å². The lowest BCUT2D eigenvalue weighted by atomic mass is 10.0. The van der Waals surface area contributed by atoms with E-state index in [2.05, 4.69) is 44.3 Å². The Morgan fingerprint density at radius 1 is 1.11 bits per heavy atom. The fourth-order valence-electron chi connectivity index (χ4n) is 5.19. The molecular formula is C26H37N7O3S. The number of rotatable bonds is 7. The number of guanidine groups is 1. The van der Waals surface area contributed by atoms with Crippen LogP contribution in [0.5, 0.6) is 0 Å². The molecule has 2 aromatic rings. The van der Waals surface area contributed by atoms with Crippen molar-refractivity contribution in [3.8, 4) is 0 Å². The van der Waals surface area contributed by atoms with Crippen molar-refractivity contribution in [3.63, 3.8) is 0 Å². The lowest BCUT2D eigenvalue weighted by Crippen LogP contribution is -2.40. The molecule has 3 heterocycles. The van der Waals surface area contributed by atoms with Gasteiger partial charge < -0.3 is 20.2 Å². The Bertz CT molecular complexity index is 1240. The number of hydrazine groups is 1. The van der Waals surface area contributed by atoms with Crippen LogP contribution < -0.4 is 20.4 Å². The first kappa shape index (κ1) is 25.8. The number of sulfonamides is 1. The standard InChI is InChI=1S/C26H37N7O3S/c1-19-16-23-24(17-25(19)33-14-5-6-21(34)18-33)30-31(2)26(29-23)28-20-7-9-22(10-8-20)37(35,36)27-11-15-32-12-3-4-13-32/h7-10,16-17,21,27,30,34H,3-6,11-15,18H2,1-2H3,(H,28,29). The first-order valence-electron chi connectivity index (χ1n) is 13.0. The van der Waals surface area contributed by atoms with Crippen LogP contribution in [-0.4, -0.2) is 81.8 Å². The largest absolute Gasteiger partial charge is 0.391 e. The molecule has 0 spiro atoms. The summed E-state index contributed by atoms with van der Waals surface area (Å²) in [5, 5.41) is 15.2. The van der Waals surface area contributed by atoms with Gasteiger partial charge in [0.2, 0.25) is 16.0 Å². The quantitative estimate of drug-likeness (QED) is 0.435. The fraction of sp³-hybridized carbons (Fsp3) is 0.500. The molecule has 1 unspecified atom stereocenters. The maximum absolute atomic E-state index is 12.7. The number of piperidine rings is 1. The normalized spacial score (nSPS) is 20.4. The third-order valence-corrected chi connectivity index (χ3v) is 8.70. The molecule has 0 aliphatic carbocycles. The highest BCUT2D eigenvalue weighted by Crippen LogP contribution is 2.37. The predicted molar refractivity (Wildman–Crippen MR) is 148 cm³/mol. The summed E-state index contributed by atoms with van der Waals surface area (Å²) >= 11 is 0. The van der Waals surface area contributed by atoms with Gasteiger partial charge in [0, 0.05) is 44.6 Å². The number of β-amino-alcohol motifs (C(OH)–C–C–N with tert-alkyl or cyclic N) is 1. The van der Waals surface area contributed by atoms with E-state index in [1.54, 1.807) is 29.3 Å². The summed E-state index contributed by atoms with van der Waals surface area (Å²) in [6.45, 7) is 6.88. The monoisotopic (exact) mass is 527 g/mol. The van der Waals surface area contributed by atoms with Crippen molar-refractivity contribution in [3.05, 3.63) is 42.0 Å². The molecule has 2 saturated heterocycles. The van der Waals surface area contributed by atoms with Crippen molar-refractivity contribution in [2.45, 2.75) is 43.6 Å². The van der Waals surface area contributed by atoms with Crippen LogP contribution in [0.25, 0.3) is 0 Å². The molecule has 0 aromatic heterocycles. The number of benzene rings is 2. The van der Waals surface area contributed by atoms with E-state index >= 15 is 0 Å². The van der Waals surface area contributed by atoms with Crippen LogP contribution in [0.4, 0.5) is 22.7 Å². The Morgan fingerprint density at radius 2 is 1.86 bits per heavy atom. The van der Waals surface area contributed by atoms with E-state index in [9.17, 15) is 13.5 Å². The van der Waals surface area contributed by atoms with E-state index < -0.39 is 10.0 Å². The fourth-order valence-corrected chi connectivity index (χ4v) is 6.21. The number of nitrogens with zero attached hydrogens (tertiary/aromatic N) is 4. The molecule has 5 rings (SSSR count). The van der Waals surface area contributed by atoms with E-state index in [4.69, 9.17) is 4.99 Å². The average molecular weight is 528 g/mol. The molecular weight excluding hydrogens is 490 g/mol. The summed E-state index contributed by atoms with van der Waals surface area (Å²) in [4.78, 5) is 9.56. The van der Waals surface area contributed by atoms with Crippen LogP contribution in [0.3, 0.4) is 0 Å². The van der Waals surface area contributed by atoms with Crippen LogP contribution in [0, 0.1) is 6.92 Å². The lowest BCUT2D eigenvalue weighted by Gasteiger charge is -2.35. The van der Waals surface area contributed by atoms with Crippen molar-refractivity contribution < 1.29 is 13.5 Å². The molecule has 37 heavy (non-hydrogen) atoms. The highest BCUT2D eigenvalue weighted by Gasteiger charge is 2.23. The van der Waals surface area contributed by atoms with Crippen molar-refractivity contribution in [1.82, 2.24) is 14.6 Å². The molecule has 11 heteroatoms. The second kappa shape index (κ2) is 10.9. The number of hydrogen-bond acceptors (Lipinski definition) is 9. The zero-order valence-electron chi connectivity index (χ0n) is 21.6. The van der Waals surface area contributed by atoms with E-state index in [1.807, 2.05) is 7.05 Å². The van der Waals surface area contributed by atoms with Crippen molar-refractivity contribution in [2.24, 2.45) is 4.99 Å². The maximum atomic E-state index is 12.7. The Balaban J connectivity index is 1.25. The summed E-state index contributed by atoms with van der Waals surface area (Å²) in [6.07, 6.45) is 3.91. The number of aryl methyl sites for hydroxylation is 1. The minimum absolute atomic E-state index is 0.243. The Labute approximate surface area is 219 Å². The van der Waals surface area contributed by atoms with Crippen molar-refractivity contribution in [2.75, 3.05) is 62.0 Å². The molecule has 4 N–H and O–H groups in total. The van der Waals surface area contributed by atoms with Gasteiger partial charge >= 0.3 is 0 Å². The minimum Gasteiger partial charge on any atom is -0.391 e. The van der Waals surface area contributed by atoms with E-state index in [0.29, 0.717) is 19.0 Å². The van der Waals surface area contributed by atoms with E-state index in [-0.39, 0.29) is 11.0 Å². The molecule has 3 aliphatic heterocycles. The van der Waals surface area contributed by atoms with Gasteiger partial charge in [0.05, 0.1) is 22.4 Å². The van der Waals surface area contributed by atoms with Gasteiger partial charge in [-0.3, -0.25) is 10.4 Å². The predicted octanol–water partition coefficient (Wildman–Crippen LogP) is 2.70. The zero-order valence-corrected chi connectivity index (χ0v) is 22.4. The Hall–Kier alpha value is -2.86. The Morgan fingerprint density at radius 3 is 2.59 bits per heavy atom. The SMILES string of the molecule is Cc1cc2c(cc1N1CCCC(O)C1)NN(C)C(Nc1ccc(S(=O)(=O)NCCN3CCCC3)cc1)=N2. The first-order chi connectivity index (χ1) is 17.8. The summed E-state index contributed by atoms with van der Waals surface area (Å²) in [6, 6.07) is 10.9. The molecule has 1 atom stereocenters. The number of nitrogens with one attached hydrogen (secondary N) is 3. The minimum atomic E-state index is -3.55. The smallest absolute Gasteiger partial charge is 0.240 e. The second-order valence-corrected chi connectivity index (χ2v) is 11.9. The molecule has 3 aliphatic rings. The second-order valence-electron chi connectivity index (χ2n) is 10.1. The lowest BCUT2D eigenvalue weighted by molar-refractivity contribution is 0.154. The van der Waals surface area contributed by atoms with Gasteiger partial charge in [0.25, 0.3) is 0 Å². The molecule has 0 radical (unpaired) electrons. The highest BCUT2D eigenvalue weighted by atomic mass is 32.2. The number of aliphatic hydroxyl groups is 1. The van der Waals surface area contributed by atoms with Crippen molar-refractivity contribution >= 4 is 38.7 Å². The van der Waals surface area contributed by atoms with Gasteiger partial charge in [-0.2, -0.15) is 0 Å². The van der Waals surface area contributed by atoms with Crippen LogP contribution in [0.15, 0.2) is 46.3 Å². The summed E-state index contributed by atoms with van der Waals surface area (Å²) in [5.74, 6) is 0.604. The summed E-state index contributed by atoms with van der Waals surface area (Å²) < 4.78 is 28.1. The van der Waals surface area contributed by atoms with Gasteiger partial charge in [-0.25, -0.2) is 18.1 Å². The number of fused-ring (bicyclic) bond motifs is 1. The number of likely N-dealkylation sites (tertiary alicyclic amines) is 1. The molecule has 0 saturated carbocycles. The first-order valence-corrected chi connectivity index (χ1v) is 14.5. The van der Waals surface area contributed by atoms with Gasteiger partial charge in [-0.15, -0.1) is 0 Å². The molecule has 0 bridgehead atoms. The number of hydrogen-bond donors (Lipinski definition) is 4. The van der Waals surface area contributed by atoms with E-state index in [0.717, 1.165) is 67.3 Å². The van der Waals surface area contributed by atoms with Gasteiger partial charge in [0.1, 0.15) is 0 Å². The molecule has 2 aromatic carbocycles. The molecule has 10 nitrogen and oxygen atoms in total. The van der Waals surface area contributed by atoms with Gasteiger partial charge in [-0.05, 0) is 87.7 Å². The van der Waals surface area contributed by atoms with E-state index in [1.165, 1.54) is 12.8 Å². The maximum Gasteiger partial charge on any atom is 0.240 e. The topological polar surface area (TPSA) is 113 Å². The van der Waals surface area contributed by atoms with Crippen LogP contribution in [0.1, 0.15) is 31.2 Å². The molecule has 200 valence electrons. The van der Waals surface area contributed by atoms with Gasteiger partial charge in [-0.1, -0.05) is 0 Å². The van der Waals surface area contributed by atoms with Gasteiger partial charge in [0.15, 0.2) is 0 Å². The third-order valence-electron chi connectivity index (χ3n) is 7.22. The van der Waals surface area contributed by atoms with Crippen LogP contribution in [-0.2, 0) is 10.0 Å². The van der Waals surface area contributed by atoms with Crippen LogP contribution >= 0.6 is 0 Å². The zero-order chi connectivity index (χ0) is 26.0. The summed E-state index contributed by atoms with van der Waals surface area (Å²) in [5.41, 5.74) is 8.04. The van der Waals surface area contributed by atoms with Crippen LogP contribution in [0.2, 0.25) is 0 Å². The third kappa shape index (κ3) is 6.01. The summed E-state index contributed by atoms with van der Waals surface area (Å²) in [7, 11) is -1.67. The number of anilines is 3. The molecule has 0 amide bonds. The average Bonchev–Trinajstić information content (AvgIpc) is 3.38. The molecule has 2 fully saturated rings. The number of aliphatic imine (C=N–C) groups is 1.